The predicted octanol–water partition coefficient (Wildman–Crippen LogP) is 3.94. The van der Waals surface area contributed by atoms with E-state index in [2.05, 4.69) is 17.2 Å². The van der Waals surface area contributed by atoms with Gasteiger partial charge in [-0.1, -0.05) is 0 Å². The molecule has 0 spiro atoms. The van der Waals surface area contributed by atoms with Gasteiger partial charge in [0.25, 0.3) is 0 Å². The third-order valence-corrected chi connectivity index (χ3v) is 3.40. The predicted molar refractivity (Wildman–Crippen MR) is 86.7 cm³/mol. The number of hydrogen-bond donors (Lipinski definition) is 1. The van der Waals surface area contributed by atoms with Gasteiger partial charge in [-0.2, -0.15) is 0 Å². The van der Waals surface area contributed by atoms with Crippen molar-refractivity contribution >= 4 is 16.8 Å². The van der Waals surface area contributed by atoms with Crippen molar-refractivity contribution in [3.63, 3.8) is 0 Å². The Labute approximate surface area is 128 Å². The summed E-state index contributed by atoms with van der Waals surface area (Å²) in [6.07, 6.45) is 0. The first kappa shape index (κ1) is 14.3. The summed E-state index contributed by atoms with van der Waals surface area (Å²) in [5, 5.41) is 3.26. The van der Waals surface area contributed by atoms with Crippen LogP contribution in [-0.4, -0.2) is 25.7 Å². The highest BCUT2D eigenvalue weighted by Crippen LogP contribution is 2.33. The van der Waals surface area contributed by atoms with Gasteiger partial charge in [-0.3, -0.25) is 0 Å². The van der Waals surface area contributed by atoms with Crippen LogP contribution in [0.5, 0.6) is 11.5 Å². The fraction of sp³-hybridized carbons (Fsp3) is 0.235. The van der Waals surface area contributed by atoms with Crippen molar-refractivity contribution in [2.45, 2.75) is 6.92 Å². The number of nitrogens with one attached hydrogen (secondary N) is 1. The lowest BCUT2D eigenvalue weighted by atomic mass is 10.2. The molecule has 0 bridgehead atoms. The van der Waals surface area contributed by atoms with Crippen molar-refractivity contribution in [1.29, 1.82) is 0 Å². The van der Waals surface area contributed by atoms with Gasteiger partial charge in [0.15, 0.2) is 17.1 Å². The number of anilines is 1. The molecule has 0 atom stereocenters. The number of fused-ring (bicyclic) bond motifs is 1. The smallest absolute Gasteiger partial charge is 0.227 e. The van der Waals surface area contributed by atoms with Crippen LogP contribution in [0.25, 0.3) is 22.6 Å². The molecule has 3 aromatic rings. The van der Waals surface area contributed by atoms with Crippen molar-refractivity contribution in [2.75, 3.05) is 26.1 Å². The first-order valence-corrected chi connectivity index (χ1v) is 7.12. The molecule has 0 aliphatic carbocycles. The molecule has 0 aliphatic heterocycles. The number of rotatable bonds is 5. The quantitative estimate of drug-likeness (QED) is 0.773. The molecule has 5 heteroatoms. The van der Waals surface area contributed by atoms with E-state index < -0.39 is 0 Å². The summed E-state index contributed by atoms with van der Waals surface area (Å²) < 4.78 is 16.4. The second-order valence-electron chi connectivity index (χ2n) is 4.80. The molecule has 0 fully saturated rings. The van der Waals surface area contributed by atoms with E-state index in [0.29, 0.717) is 17.4 Å². The molecule has 1 heterocycles. The van der Waals surface area contributed by atoms with Gasteiger partial charge in [0, 0.05) is 23.9 Å². The lowest BCUT2D eigenvalue weighted by Gasteiger charge is -2.07. The van der Waals surface area contributed by atoms with Gasteiger partial charge in [-0.05, 0) is 37.3 Å². The Balaban J connectivity index is 2.02. The lowest BCUT2D eigenvalue weighted by Crippen LogP contribution is -1.95. The van der Waals surface area contributed by atoms with Crippen LogP contribution in [0.2, 0.25) is 0 Å². The number of hydrogen-bond acceptors (Lipinski definition) is 5. The highest BCUT2D eigenvalue weighted by molar-refractivity contribution is 5.80. The number of nitrogens with zero attached hydrogens (tertiary/aromatic N) is 1. The number of oxazole rings is 1. The average molecular weight is 298 g/mol. The van der Waals surface area contributed by atoms with Crippen LogP contribution in [-0.2, 0) is 0 Å². The van der Waals surface area contributed by atoms with Crippen LogP contribution in [0.1, 0.15) is 6.92 Å². The summed E-state index contributed by atoms with van der Waals surface area (Å²) in [6, 6.07) is 11.5. The molecule has 0 aliphatic rings. The van der Waals surface area contributed by atoms with Gasteiger partial charge in [-0.15, -0.1) is 0 Å². The molecule has 1 N–H and O–H groups in total. The summed E-state index contributed by atoms with van der Waals surface area (Å²) in [7, 11) is 3.22. The number of benzene rings is 2. The standard InChI is InChI=1S/C17H18N2O3/c1-4-18-12-6-7-13-15(10-12)22-17(19-13)11-5-8-14(20-2)16(9-11)21-3/h5-10,18H,4H2,1-3H3. The van der Waals surface area contributed by atoms with E-state index in [9.17, 15) is 0 Å². The molecule has 2 aromatic carbocycles. The molecule has 5 nitrogen and oxygen atoms in total. The van der Waals surface area contributed by atoms with Crippen molar-refractivity contribution in [3.8, 4) is 23.0 Å². The van der Waals surface area contributed by atoms with Gasteiger partial charge < -0.3 is 19.2 Å². The van der Waals surface area contributed by atoms with Gasteiger partial charge >= 0.3 is 0 Å². The van der Waals surface area contributed by atoms with Crippen LogP contribution < -0.4 is 14.8 Å². The Bertz CT molecular complexity index is 796. The van der Waals surface area contributed by atoms with Gasteiger partial charge in [0.05, 0.1) is 14.2 Å². The summed E-state index contributed by atoms with van der Waals surface area (Å²) in [5.74, 6) is 1.89. The van der Waals surface area contributed by atoms with E-state index in [0.717, 1.165) is 28.9 Å². The highest BCUT2D eigenvalue weighted by atomic mass is 16.5. The summed E-state index contributed by atoms with van der Waals surface area (Å²) in [4.78, 5) is 4.52. The Morgan fingerprint density at radius 1 is 1.05 bits per heavy atom. The molecule has 0 radical (unpaired) electrons. The molecule has 0 amide bonds. The maximum absolute atomic E-state index is 5.87. The minimum Gasteiger partial charge on any atom is -0.493 e. The second-order valence-corrected chi connectivity index (χ2v) is 4.80. The van der Waals surface area contributed by atoms with Crippen LogP contribution in [0, 0.1) is 0 Å². The van der Waals surface area contributed by atoms with Gasteiger partial charge in [0.1, 0.15) is 5.52 Å². The third kappa shape index (κ3) is 2.57. The molecular formula is C17H18N2O3. The largest absolute Gasteiger partial charge is 0.493 e. The summed E-state index contributed by atoms with van der Waals surface area (Å²) >= 11 is 0. The molecule has 0 saturated heterocycles. The lowest BCUT2D eigenvalue weighted by molar-refractivity contribution is 0.355. The number of aromatic nitrogens is 1. The molecule has 114 valence electrons. The van der Waals surface area contributed by atoms with E-state index in [1.807, 2.05) is 36.4 Å². The zero-order chi connectivity index (χ0) is 15.5. The van der Waals surface area contributed by atoms with E-state index in [4.69, 9.17) is 13.9 Å². The summed E-state index contributed by atoms with van der Waals surface area (Å²) in [6.45, 7) is 2.92. The van der Waals surface area contributed by atoms with Crippen molar-refractivity contribution < 1.29 is 13.9 Å². The summed E-state index contributed by atoms with van der Waals surface area (Å²) in [5.41, 5.74) is 3.44. The maximum atomic E-state index is 5.87. The highest BCUT2D eigenvalue weighted by Gasteiger charge is 2.12. The molecule has 3 rings (SSSR count). The van der Waals surface area contributed by atoms with Crippen LogP contribution in [0.3, 0.4) is 0 Å². The Morgan fingerprint density at radius 2 is 1.86 bits per heavy atom. The minimum absolute atomic E-state index is 0.560. The van der Waals surface area contributed by atoms with Crippen molar-refractivity contribution in [3.05, 3.63) is 36.4 Å². The van der Waals surface area contributed by atoms with Gasteiger partial charge in [-0.25, -0.2) is 4.98 Å². The Hall–Kier alpha value is -2.69. The zero-order valence-electron chi connectivity index (χ0n) is 12.8. The first-order chi connectivity index (χ1) is 10.7. The third-order valence-electron chi connectivity index (χ3n) is 3.40. The normalized spacial score (nSPS) is 10.7. The van der Waals surface area contributed by atoms with E-state index in [1.165, 1.54) is 0 Å². The molecular weight excluding hydrogens is 280 g/mol. The molecule has 0 unspecified atom stereocenters. The van der Waals surface area contributed by atoms with Crippen LogP contribution in [0.15, 0.2) is 40.8 Å². The van der Waals surface area contributed by atoms with E-state index in [1.54, 1.807) is 14.2 Å². The van der Waals surface area contributed by atoms with Crippen molar-refractivity contribution in [1.82, 2.24) is 4.98 Å². The SMILES string of the molecule is CCNc1ccc2nc(-c3ccc(OC)c(OC)c3)oc2c1. The van der Waals surface area contributed by atoms with Crippen LogP contribution >= 0.6 is 0 Å². The van der Waals surface area contributed by atoms with Gasteiger partial charge in [0.2, 0.25) is 5.89 Å². The van der Waals surface area contributed by atoms with E-state index in [-0.39, 0.29) is 0 Å². The number of methoxy groups -OCH3 is 2. The Kier molecular flexibility index (Phi) is 3.87. The molecule has 1 aromatic heterocycles. The average Bonchev–Trinajstić information content (AvgIpc) is 2.97. The molecule has 22 heavy (non-hydrogen) atoms. The van der Waals surface area contributed by atoms with Crippen molar-refractivity contribution in [2.24, 2.45) is 0 Å². The first-order valence-electron chi connectivity index (χ1n) is 7.12. The maximum Gasteiger partial charge on any atom is 0.227 e. The van der Waals surface area contributed by atoms with E-state index >= 15 is 0 Å². The second kappa shape index (κ2) is 5.97. The Morgan fingerprint density at radius 3 is 2.59 bits per heavy atom. The number of ether oxygens (including phenoxy) is 2. The minimum atomic E-state index is 0.560. The monoisotopic (exact) mass is 298 g/mol. The fourth-order valence-corrected chi connectivity index (χ4v) is 2.33. The molecule has 0 saturated carbocycles. The van der Waals surface area contributed by atoms with Crippen LogP contribution in [0.4, 0.5) is 5.69 Å². The zero-order valence-corrected chi connectivity index (χ0v) is 12.8. The fourth-order valence-electron chi connectivity index (χ4n) is 2.33. The topological polar surface area (TPSA) is 56.5 Å².